The van der Waals surface area contributed by atoms with E-state index in [1.54, 1.807) is 30.0 Å². The van der Waals surface area contributed by atoms with E-state index in [-0.39, 0.29) is 66.5 Å². The quantitative estimate of drug-likeness (QED) is 0.267. The number of nitrogens with one attached hydrogen (secondary N) is 1. The second kappa shape index (κ2) is 11.6. The van der Waals surface area contributed by atoms with Crippen molar-refractivity contribution in [2.45, 2.75) is 69.1 Å². The van der Waals surface area contributed by atoms with Gasteiger partial charge in [-0.2, -0.15) is 9.97 Å². The molecular formula is C35H38F3N7O3. The van der Waals surface area contributed by atoms with Gasteiger partial charge in [0.15, 0.2) is 5.82 Å². The number of hydrogen-bond donors (Lipinski definition) is 2. The van der Waals surface area contributed by atoms with Crippen LogP contribution in [-0.4, -0.2) is 82.6 Å². The first kappa shape index (κ1) is 30.9. The number of nitrogen functional groups attached to an aromatic ring is 1. The molecule has 0 saturated carbocycles. The van der Waals surface area contributed by atoms with Crippen LogP contribution in [-0.2, 0) is 11.2 Å². The van der Waals surface area contributed by atoms with E-state index in [9.17, 15) is 4.79 Å². The number of halogens is 3. The van der Waals surface area contributed by atoms with Crippen molar-refractivity contribution >= 4 is 39.3 Å². The van der Waals surface area contributed by atoms with E-state index < -0.39 is 29.4 Å². The summed E-state index contributed by atoms with van der Waals surface area (Å²) in [7, 11) is 0. The molecule has 5 aliphatic rings. The van der Waals surface area contributed by atoms with Crippen LogP contribution in [0.15, 0.2) is 30.5 Å². The van der Waals surface area contributed by atoms with Gasteiger partial charge in [0.1, 0.15) is 35.6 Å². The van der Waals surface area contributed by atoms with Crippen molar-refractivity contribution in [1.29, 1.82) is 0 Å². The van der Waals surface area contributed by atoms with Gasteiger partial charge in [-0.25, -0.2) is 18.0 Å². The number of nitrogens with zero attached hydrogens (tertiary/aromatic N) is 5. The summed E-state index contributed by atoms with van der Waals surface area (Å²) in [6.07, 6.45) is 4.11. The number of rotatable bonds is 3. The van der Waals surface area contributed by atoms with Crippen LogP contribution in [0.5, 0.6) is 6.01 Å². The summed E-state index contributed by atoms with van der Waals surface area (Å²) in [4.78, 5) is 31.0. The number of anilines is 2. The molecule has 10 nitrogen and oxygen atoms in total. The Morgan fingerprint density at radius 1 is 1.15 bits per heavy atom. The Bertz CT molecular complexity index is 1930. The number of alkyl carbamates (subject to hydrolysis) is 1. The number of carbonyl (C=O) groups excluding carboxylic acids is 1. The van der Waals surface area contributed by atoms with Gasteiger partial charge in [0, 0.05) is 30.4 Å². The number of pyridine rings is 1. The average Bonchev–Trinajstić information content (AvgIpc) is 3.62. The average molecular weight is 662 g/mol. The number of amides is 1. The van der Waals surface area contributed by atoms with Crippen LogP contribution in [0.2, 0.25) is 0 Å². The highest BCUT2D eigenvalue weighted by Gasteiger charge is 2.45. The molecule has 3 saturated heterocycles. The molecule has 1 amide bonds. The molecule has 4 aromatic rings. The summed E-state index contributed by atoms with van der Waals surface area (Å²) in [6, 6.07) is 6.21. The number of ether oxygens (including phenoxy) is 2. The van der Waals surface area contributed by atoms with Crippen LogP contribution in [0.4, 0.5) is 29.5 Å². The van der Waals surface area contributed by atoms with Gasteiger partial charge >= 0.3 is 12.1 Å². The molecular weight excluding hydrogens is 623 g/mol. The topological polar surface area (TPSA) is 119 Å². The highest BCUT2D eigenvalue weighted by atomic mass is 19.1. The van der Waals surface area contributed by atoms with Crippen molar-refractivity contribution in [3.8, 4) is 17.3 Å². The van der Waals surface area contributed by atoms with Crippen molar-refractivity contribution < 1.29 is 27.4 Å². The maximum atomic E-state index is 17.0. The van der Waals surface area contributed by atoms with Crippen molar-refractivity contribution in [2.24, 2.45) is 0 Å². The lowest BCUT2D eigenvalue weighted by Gasteiger charge is -2.42. The second-order valence-corrected chi connectivity index (χ2v) is 14.0. The molecule has 2 aromatic heterocycles. The zero-order valence-electron chi connectivity index (χ0n) is 26.8. The Balaban J connectivity index is 1.33. The van der Waals surface area contributed by atoms with Gasteiger partial charge in [-0.15, -0.1) is 0 Å². The van der Waals surface area contributed by atoms with Gasteiger partial charge in [-0.05, 0) is 93.1 Å². The van der Waals surface area contributed by atoms with Gasteiger partial charge in [-0.3, -0.25) is 9.88 Å². The van der Waals surface area contributed by atoms with Crippen molar-refractivity contribution in [3.05, 3.63) is 47.7 Å². The molecule has 0 spiro atoms. The van der Waals surface area contributed by atoms with Crippen molar-refractivity contribution in [1.82, 2.24) is 25.2 Å². The summed E-state index contributed by atoms with van der Waals surface area (Å²) in [5.74, 6) is -0.979. The van der Waals surface area contributed by atoms with Gasteiger partial charge in [-0.1, -0.05) is 6.07 Å². The van der Waals surface area contributed by atoms with Gasteiger partial charge in [0.05, 0.1) is 29.6 Å². The number of alkyl halides is 1. The minimum atomic E-state index is -1.33. The number of aromatic nitrogens is 3. The Morgan fingerprint density at radius 2 is 1.96 bits per heavy atom. The monoisotopic (exact) mass is 661 g/mol. The van der Waals surface area contributed by atoms with Gasteiger partial charge < -0.3 is 25.4 Å². The second-order valence-electron chi connectivity index (χ2n) is 14.0. The first-order valence-electron chi connectivity index (χ1n) is 16.7. The normalized spacial score (nSPS) is 24.1. The van der Waals surface area contributed by atoms with E-state index >= 15 is 13.2 Å². The van der Waals surface area contributed by atoms with E-state index in [2.05, 4.69) is 20.2 Å². The fourth-order valence-electron chi connectivity index (χ4n) is 8.44. The number of fused-ring (bicyclic) bond motifs is 7. The summed E-state index contributed by atoms with van der Waals surface area (Å²) in [6.45, 7) is 4.22. The predicted molar refractivity (Wildman–Crippen MR) is 176 cm³/mol. The Labute approximate surface area is 275 Å². The van der Waals surface area contributed by atoms with Crippen LogP contribution in [0.1, 0.15) is 51.0 Å². The molecule has 2 aromatic carbocycles. The molecule has 2 atom stereocenters. The molecule has 2 unspecified atom stereocenters. The third-order valence-corrected chi connectivity index (χ3v) is 10.5. The highest BCUT2D eigenvalue weighted by Crippen LogP contribution is 2.41. The molecule has 0 radical (unpaired) electrons. The Kier molecular flexibility index (Phi) is 7.50. The lowest BCUT2D eigenvalue weighted by Crippen LogP contribution is -2.60. The van der Waals surface area contributed by atoms with Crippen LogP contribution >= 0.6 is 0 Å². The minimum absolute atomic E-state index is 0.00392. The van der Waals surface area contributed by atoms with Gasteiger partial charge in [0.25, 0.3) is 0 Å². The van der Waals surface area contributed by atoms with E-state index in [0.717, 1.165) is 38.8 Å². The van der Waals surface area contributed by atoms with Crippen LogP contribution in [0.25, 0.3) is 32.9 Å². The number of benzene rings is 2. The lowest BCUT2D eigenvalue weighted by atomic mass is 9.90. The summed E-state index contributed by atoms with van der Waals surface area (Å²) >= 11 is 0. The number of nitrogens with two attached hydrogens (primary N) is 1. The largest absolute Gasteiger partial charge is 0.461 e. The molecule has 0 aliphatic carbocycles. The lowest BCUT2D eigenvalue weighted by molar-refractivity contribution is 0.107. The number of aryl methyl sites for hydroxylation is 1. The standard InChI is InChI=1S/C35H38F3N7O3/c1-34-15-21(36)17-44(18-34)31-25-16-40-29(28(38)30(25)41-32(42-31)48-19-35-8-3-10-45(35)11-4-9-35)24-14-22(39)13-20-6-7-26(37)23(27(20)24)5-2-12-47-33(46)43-34/h6-7,13-14,16,21H,2-5,8-12,15,17-19,39H2,1H3,(H,43,46). The van der Waals surface area contributed by atoms with E-state index in [4.69, 9.17) is 20.2 Å². The fourth-order valence-corrected chi connectivity index (χ4v) is 8.44. The molecule has 9 rings (SSSR count). The molecule has 13 heteroatoms. The number of piperidine rings is 1. The first-order chi connectivity index (χ1) is 23.1. The van der Waals surface area contributed by atoms with Crippen molar-refractivity contribution in [3.63, 3.8) is 0 Å². The summed E-state index contributed by atoms with van der Waals surface area (Å²) in [5.41, 5.74) is 6.02. The molecule has 3 N–H and O–H groups in total. The molecule has 7 heterocycles. The van der Waals surface area contributed by atoms with Crippen molar-refractivity contribution in [2.75, 3.05) is 50.0 Å². The third-order valence-electron chi connectivity index (χ3n) is 10.5. The number of carbonyl (C=O) groups is 1. The summed E-state index contributed by atoms with van der Waals surface area (Å²) < 4.78 is 59.8. The maximum Gasteiger partial charge on any atom is 0.407 e. The predicted octanol–water partition coefficient (Wildman–Crippen LogP) is 5.69. The van der Waals surface area contributed by atoms with Crippen LogP contribution in [0.3, 0.4) is 0 Å². The zero-order valence-corrected chi connectivity index (χ0v) is 26.8. The summed E-state index contributed by atoms with van der Waals surface area (Å²) in [5, 5.41) is 4.17. The van der Waals surface area contributed by atoms with E-state index in [0.29, 0.717) is 40.6 Å². The Morgan fingerprint density at radius 3 is 2.77 bits per heavy atom. The highest BCUT2D eigenvalue weighted by molar-refractivity contribution is 6.02. The molecule has 5 aliphatic heterocycles. The fraction of sp³-hybridized carbons (Fsp3) is 0.486. The van der Waals surface area contributed by atoms with E-state index in [1.807, 2.05) is 0 Å². The smallest absolute Gasteiger partial charge is 0.407 e. The SMILES string of the molecule is CC12CC(F)CN(C1)c1nc(OCC34CCCN3CCC4)nc3c(F)c(ncc13)-c1cc(N)cc3ccc(F)c(c13)CCCOC(=O)N2. The minimum Gasteiger partial charge on any atom is -0.461 e. The van der Waals surface area contributed by atoms with E-state index in [1.165, 1.54) is 12.3 Å². The molecule has 3 fully saturated rings. The number of hydrogen-bond acceptors (Lipinski definition) is 9. The molecule has 6 bridgehead atoms. The zero-order chi connectivity index (χ0) is 33.2. The molecule has 252 valence electrons. The molecule has 48 heavy (non-hydrogen) atoms. The van der Waals surface area contributed by atoms with Crippen LogP contribution < -0.4 is 20.7 Å². The third kappa shape index (κ3) is 5.32. The first-order valence-corrected chi connectivity index (χ1v) is 16.7. The van der Waals surface area contributed by atoms with Crippen LogP contribution in [0, 0.1) is 11.6 Å². The van der Waals surface area contributed by atoms with Gasteiger partial charge in [0.2, 0.25) is 0 Å². The maximum absolute atomic E-state index is 17.0. The Hall–Kier alpha value is -4.39.